The van der Waals surface area contributed by atoms with Gasteiger partial charge in [-0.05, 0) is 14.1 Å². The summed E-state index contributed by atoms with van der Waals surface area (Å²) in [6.07, 6.45) is 2.58. The van der Waals surface area contributed by atoms with E-state index in [0.29, 0.717) is 11.9 Å². The molecule has 1 saturated heterocycles. The Balaban J connectivity index is 0. The van der Waals surface area contributed by atoms with Crippen molar-refractivity contribution in [3.05, 3.63) is 13.8 Å². The summed E-state index contributed by atoms with van der Waals surface area (Å²) in [7, 11) is 3.80. The number of hydrogen-bond donors (Lipinski definition) is 1. The minimum atomic E-state index is -0.427. The third-order valence-corrected chi connectivity index (χ3v) is 3.02. The van der Waals surface area contributed by atoms with Gasteiger partial charge in [0.2, 0.25) is 5.91 Å². The van der Waals surface area contributed by atoms with Crippen LogP contribution in [0.3, 0.4) is 0 Å². The molecule has 0 spiro atoms. The van der Waals surface area contributed by atoms with E-state index in [9.17, 15) is 4.79 Å². The van der Waals surface area contributed by atoms with Gasteiger partial charge in [-0.3, -0.25) is 4.79 Å². The summed E-state index contributed by atoms with van der Waals surface area (Å²) >= 11 is 0. The van der Waals surface area contributed by atoms with Crippen molar-refractivity contribution in [1.29, 1.82) is 0 Å². The van der Waals surface area contributed by atoms with Crippen LogP contribution < -0.4 is 66.9 Å². The van der Waals surface area contributed by atoms with Crippen LogP contribution in [0.5, 0.6) is 0 Å². The van der Waals surface area contributed by atoms with Crippen molar-refractivity contribution >= 4 is 17.8 Å². The third-order valence-electron chi connectivity index (χ3n) is 3.02. The molecule has 0 bridgehead atoms. The van der Waals surface area contributed by atoms with Crippen LogP contribution >= 0.6 is 0 Å². The van der Waals surface area contributed by atoms with Gasteiger partial charge in [0.25, 0.3) is 0 Å². The Hall–Kier alpha value is -0.324. The van der Waals surface area contributed by atoms with Crippen molar-refractivity contribution in [3.63, 3.8) is 0 Å². The van der Waals surface area contributed by atoms with Crippen molar-refractivity contribution in [3.8, 4) is 0 Å². The van der Waals surface area contributed by atoms with Gasteiger partial charge in [0.1, 0.15) is 11.9 Å². The third kappa shape index (κ3) is 8.36. The van der Waals surface area contributed by atoms with Crippen LogP contribution in [0, 0.1) is 13.8 Å². The maximum Gasteiger partial charge on any atom is 1.00 e. The molecule has 23 heavy (non-hydrogen) atoms. The number of likely N-dealkylation sites (N-methyl/N-ethyl adjacent to an activating group) is 2. The Bertz CT molecular complexity index is 453. The number of amides is 1. The Labute approximate surface area is 182 Å². The predicted molar refractivity (Wildman–Crippen MR) is 88.6 cm³/mol. The van der Waals surface area contributed by atoms with Crippen molar-refractivity contribution in [2.24, 2.45) is 5.73 Å². The Morgan fingerprint density at radius 1 is 1.26 bits per heavy atom. The summed E-state index contributed by atoms with van der Waals surface area (Å²) in [6.45, 7) is 7.75. The maximum absolute atomic E-state index is 10.9. The average Bonchev–Trinajstić information content (AvgIpc) is 2.49. The molecular formula is C14H27KN7O-. The first kappa shape index (κ1) is 24.9. The van der Waals surface area contributed by atoms with E-state index in [0.717, 1.165) is 26.2 Å². The number of carbonyl (C=O) groups excluding carboxylic acids is 1. The van der Waals surface area contributed by atoms with E-state index in [4.69, 9.17) is 5.73 Å². The number of aromatic nitrogens is 3. The second kappa shape index (κ2) is 13.0. The Kier molecular flexibility index (Phi) is 14.1. The number of nitrogens with zero attached hydrogens (tertiary/aromatic N) is 6. The van der Waals surface area contributed by atoms with E-state index in [1.807, 2.05) is 13.8 Å². The van der Waals surface area contributed by atoms with Crippen LogP contribution in [0.15, 0.2) is 0 Å². The molecule has 0 atom stereocenters. The summed E-state index contributed by atoms with van der Waals surface area (Å²) in [4.78, 5) is 29.2. The number of primary amides is 1. The number of rotatable bonds is 4. The summed E-state index contributed by atoms with van der Waals surface area (Å²) in [5.41, 5.74) is 5.15. The zero-order valence-electron chi connectivity index (χ0n) is 15.2. The van der Waals surface area contributed by atoms with E-state index in [2.05, 4.69) is 38.1 Å². The molecule has 0 aromatic carbocycles. The Morgan fingerprint density at radius 3 is 2.35 bits per heavy atom. The van der Waals surface area contributed by atoms with Gasteiger partial charge < -0.3 is 42.8 Å². The number of piperazine rings is 1. The second-order valence-corrected chi connectivity index (χ2v) is 4.65. The number of anilines is 2. The molecule has 2 heterocycles. The van der Waals surface area contributed by atoms with Crippen molar-refractivity contribution in [1.82, 2.24) is 19.9 Å². The van der Waals surface area contributed by atoms with Crippen molar-refractivity contribution in [2.45, 2.75) is 13.8 Å². The zero-order chi connectivity index (χ0) is 15.8. The summed E-state index contributed by atoms with van der Waals surface area (Å²) < 4.78 is 0. The number of nitrogens with two attached hydrogens (primary N) is 1. The van der Waals surface area contributed by atoms with Gasteiger partial charge in [-0.25, -0.2) is 0 Å². The standard InChI is InChI=1S/C11H18N7O.C2H6.CH3.K/c1-16-3-5-18(6-4-16)11-14-8-13-10(15-11)17(2)7-9(12)19;1-2;;/h3-7H2,1-2H3,(H2,12,19);1-2H3;1H3;/q-1;;-1;+1. The van der Waals surface area contributed by atoms with Crippen LogP contribution in [0.4, 0.5) is 11.9 Å². The molecule has 126 valence electrons. The first-order valence-corrected chi connectivity index (χ1v) is 7.11. The molecule has 0 radical (unpaired) electrons. The predicted octanol–water partition coefficient (Wildman–Crippen LogP) is -3.17. The van der Waals surface area contributed by atoms with Gasteiger partial charge in [0, 0.05) is 32.5 Å². The van der Waals surface area contributed by atoms with E-state index >= 15 is 0 Å². The van der Waals surface area contributed by atoms with Gasteiger partial charge in [-0.2, -0.15) is 0 Å². The summed E-state index contributed by atoms with van der Waals surface area (Å²) in [6, 6.07) is 0. The molecule has 0 unspecified atom stereocenters. The smallest absolute Gasteiger partial charge is 0.391 e. The quantitative estimate of drug-likeness (QED) is 0.453. The second-order valence-electron chi connectivity index (χ2n) is 4.65. The molecule has 9 heteroatoms. The van der Waals surface area contributed by atoms with Crippen molar-refractivity contribution < 1.29 is 56.2 Å². The zero-order valence-corrected chi connectivity index (χ0v) is 18.3. The largest absolute Gasteiger partial charge is 1.00 e. The normalized spacial score (nSPS) is 13.8. The van der Waals surface area contributed by atoms with Crippen LogP contribution in [0.25, 0.3) is 0 Å². The van der Waals surface area contributed by atoms with Gasteiger partial charge in [0.15, 0.2) is 0 Å². The number of hydrogen-bond acceptors (Lipinski definition) is 7. The first-order valence-electron chi connectivity index (χ1n) is 7.11. The molecule has 2 rings (SSSR count). The molecule has 1 aromatic heterocycles. The molecular weight excluding hydrogens is 321 g/mol. The fraction of sp³-hybridized carbons (Fsp3) is 0.643. The van der Waals surface area contributed by atoms with Gasteiger partial charge in [-0.1, -0.05) is 13.8 Å². The molecule has 0 saturated carbocycles. The monoisotopic (exact) mass is 348 g/mol. The van der Waals surface area contributed by atoms with Crippen LogP contribution in [0.2, 0.25) is 0 Å². The van der Waals surface area contributed by atoms with Gasteiger partial charge in [0.05, 0.1) is 6.54 Å². The SMILES string of the molecule is CC.CN1CCN(c2n[c-]nc(N(C)CC(N)=O)n2)CC1.[CH3-].[K+]. The minimum Gasteiger partial charge on any atom is -0.391 e. The van der Waals surface area contributed by atoms with Gasteiger partial charge in [-0.15, -0.1) is 0 Å². The average molecular weight is 349 g/mol. The Morgan fingerprint density at radius 2 is 1.83 bits per heavy atom. The van der Waals surface area contributed by atoms with Crippen LogP contribution in [-0.2, 0) is 4.79 Å². The van der Waals surface area contributed by atoms with E-state index in [1.54, 1.807) is 11.9 Å². The molecule has 1 fully saturated rings. The van der Waals surface area contributed by atoms with E-state index < -0.39 is 5.91 Å². The van der Waals surface area contributed by atoms with Crippen LogP contribution in [0.1, 0.15) is 13.8 Å². The summed E-state index contributed by atoms with van der Waals surface area (Å²) in [5, 5.41) is 0. The minimum absolute atomic E-state index is 0. The fourth-order valence-corrected chi connectivity index (χ4v) is 1.88. The van der Waals surface area contributed by atoms with Crippen molar-refractivity contribution in [2.75, 3.05) is 56.6 Å². The molecule has 0 aliphatic carbocycles. The molecule has 1 aliphatic heterocycles. The first-order chi connectivity index (χ1) is 10.1. The van der Waals surface area contributed by atoms with E-state index in [-0.39, 0.29) is 65.4 Å². The molecule has 2 N–H and O–H groups in total. The molecule has 8 nitrogen and oxygen atoms in total. The molecule has 1 aromatic rings. The maximum atomic E-state index is 10.9. The topological polar surface area (TPSA) is 91.5 Å². The van der Waals surface area contributed by atoms with Crippen LogP contribution in [-0.4, -0.2) is 72.6 Å². The molecule has 1 amide bonds. The summed E-state index contributed by atoms with van der Waals surface area (Å²) in [5.74, 6) is 0.571. The van der Waals surface area contributed by atoms with E-state index in [1.165, 1.54) is 0 Å². The fourth-order valence-electron chi connectivity index (χ4n) is 1.88. The molecule has 1 aliphatic rings. The number of carbonyl (C=O) groups is 1. The van der Waals surface area contributed by atoms with Gasteiger partial charge >= 0.3 is 51.4 Å².